The van der Waals surface area contributed by atoms with Gasteiger partial charge in [0.1, 0.15) is 0 Å². The van der Waals surface area contributed by atoms with Crippen molar-refractivity contribution in [3.8, 4) is 0 Å². The first-order valence-electron chi connectivity index (χ1n) is 4.99. The number of para-hydroxylation sites is 1. The molecule has 1 aromatic carbocycles. The highest BCUT2D eigenvalue weighted by Gasteiger charge is 2.21. The van der Waals surface area contributed by atoms with Gasteiger partial charge in [0.15, 0.2) is 5.78 Å². The van der Waals surface area contributed by atoms with Crippen molar-refractivity contribution < 1.29 is 4.79 Å². The molecule has 1 heterocycles. The second kappa shape index (κ2) is 2.71. The third kappa shape index (κ3) is 0.939. The van der Waals surface area contributed by atoms with Gasteiger partial charge in [-0.15, -0.1) is 0 Å². The van der Waals surface area contributed by atoms with Crippen LogP contribution in [0.4, 0.5) is 0 Å². The van der Waals surface area contributed by atoms with E-state index in [2.05, 4.69) is 4.98 Å². The van der Waals surface area contributed by atoms with Crippen LogP contribution in [0.3, 0.4) is 0 Å². The minimum atomic E-state index is 0.295. The summed E-state index contributed by atoms with van der Waals surface area (Å²) in [4.78, 5) is 15.1. The SMILES string of the molecule is O=C1CCCc2[nH][14c]3[14cH][14cH][14cH][14cH][14c]3c21. The summed E-state index contributed by atoms with van der Waals surface area (Å²) >= 11 is 0. The largest absolute Gasteiger partial charge is 0.358 e. The molecule has 0 unspecified atom stereocenters. The Hall–Kier alpha value is -1.57. The highest BCUT2D eigenvalue weighted by atomic mass is 16.1. The molecule has 0 saturated heterocycles. The molecule has 0 amide bonds. The fourth-order valence-electron chi connectivity index (χ4n) is 2.25. The number of Topliss-reactive ketones (excluding diaryl/α,β-unsaturated/α-hetero) is 1. The van der Waals surface area contributed by atoms with Gasteiger partial charge in [-0.1, -0.05) is 18.2 Å². The summed E-state index contributed by atoms with van der Waals surface area (Å²) in [5.74, 6) is 0.295. The van der Waals surface area contributed by atoms with Crippen LogP contribution < -0.4 is 0 Å². The molecule has 1 N–H and O–H groups in total. The second-order valence-corrected chi connectivity index (χ2v) is 3.80. The summed E-state index contributed by atoms with van der Waals surface area (Å²) < 4.78 is 0. The Morgan fingerprint density at radius 2 is 2.07 bits per heavy atom. The van der Waals surface area contributed by atoms with Gasteiger partial charge in [-0.05, 0) is 18.9 Å². The highest BCUT2D eigenvalue weighted by Crippen LogP contribution is 2.28. The van der Waals surface area contributed by atoms with Gasteiger partial charge < -0.3 is 4.98 Å². The fourth-order valence-corrected chi connectivity index (χ4v) is 2.25. The summed E-state index contributed by atoms with van der Waals surface area (Å²) in [6, 6.07) is 8.03. The number of carbonyl (C=O) groups is 1. The minimum absolute atomic E-state index is 0.295. The first kappa shape index (κ1) is 7.80. The van der Waals surface area contributed by atoms with E-state index in [4.69, 9.17) is 0 Å². The van der Waals surface area contributed by atoms with Gasteiger partial charge in [0.25, 0.3) is 0 Å². The van der Waals surface area contributed by atoms with Crippen LogP contribution in [0, 0.1) is 0 Å². The van der Waals surface area contributed by atoms with Crippen molar-refractivity contribution in [1.29, 1.82) is 0 Å². The number of aryl methyl sites for hydroxylation is 1. The summed E-state index contributed by atoms with van der Waals surface area (Å²) in [5, 5.41) is 1.09. The highest BCUT2D eigenvalue weighted by molar-refractivity contribution is 6.09. The maximum Gasteiger partial charge on any atom is 0.165 e. The molecule has 2 heteroatoms. The zero-order valence-electron chi connectivity index (χ0n) is 7.84. The molecule has 0 fully saturated rings. The number of fused-ring (bicyclic) bond motifs is 3. The molecule has 2 nitrogen and oxygen atoms in total. The topological polar surface area (TPSA) is 32.9 Å². The maximum atomic E-state index is 11.7. The molecule has 0 saturated carbocycles. The van der Waals surface area contributed by atoms with Crippen LogP contribution in [0.15, 0.2) is 24.3 Å². The van der Waals surface area contributed by atoms with Gasteiger partial charge in [0.05, 0.1) is 0 Å². The Kier molecular flexibility index (Phi) is 1.51. The lowest BCUT2D eigenvalue weighted by Gasteiger charge is -2.09. The van der Waals surface area contributed by atoms with Crippen LogP contribution in [0.5, 0.6) is 0 Å². The van der Waals surface area contributed by atoms with Crippen LogP contribution in [-0.4, -0.2) is 10.8 Å². The molecule has 0 spiro atoms. The molecular formula is C12H11NO. The Labute approximate surface area is 81.9 Å². The molecule has 70 valence electrons. The zero-order valence-corrected chi connectivity index (χ0v) is 7.84. The van der Waals surface area contributed by atoms with Crippen molar-refractivity contribution in [2.24, 2.45) is 0 Å². The molecule has 1 aromatic heterocycles. The molecule has 0 atom stereocenters. The summed E-state index contributed by atoms with van der Waals surface area (Å²) in [6.45, 7) is 0. The molecule has 0 radical (unpaired) electrons. The van der Waals surface area contributed by atoms with E-state index in [1.807, 2.05) is 24.3 Å². The molecular weight excluding hydrogens is 186 g/mol. The lowest BCUT2D eigenvalue weighted by molar-refractivity contribution is 0.0974. The van der Waals surface area contributed by atoms with Crippen molar-refractivity contribution in [3.63, 3.8) is 0 Å². The number of hydrogen-bond donors (Lipinski definition) is 1. The number of ketones is 1. The molecule has 1 aliphatic rings. The van der Waals surface area contributed by atoms with E-state index < -0.39 is 0 Å². The predicted octanol–water partition coefficient (Wildman–Crippen LogP) is 2.69. The fraction of sp³-hybridized carbons (Fsp3) is 0.250. The summed E-state index contributed by atoms with van der Waals surface area (Å²) in [7, 11) is 0. The summed E-state index contributed by atoms with van der Waals surface area (Å²) in [6.07, 6.45) is 2.70. The maximum absolute atomic E-state index is 11.7. The van der Waals surface area contributed by atoms with E-state index in [1.165, 1.54) is 0 Å². The van der Waals surface area contributed by atoms with E-state index in [1.54, 1.807) is 0 Å². The van der Waals surface area contributed by atoms with Crippen molar-refractivity contribution in [1.82, 2.24) is 4.98 Å². The number of hydrogen-bond acceptors (Lipinski definition) is 1. The van der Waals surface area contributed by atoms with Gasteiger partial charge in [0, 0.05) is 28.6 Å². The molecule has 2 aromatic rings. The molecule has 3 rings (SSSR count). The Bertz CT molecular complexity index is 510. The monoisotopic (exact) mass is 197 g/mol. The first-order chi connectivity index (χ1) is 6.86. The van der Waals surface area contributed by atoms with Gasteiger partial charge in [0.2, 0.25) is 0 Å². The zero-order chi connectivity index (χ0) is 9.54. The van der Waals surface area contributed by atoms with Crippen LogP contribution in [0.25, 0.3) is 10.9 Å². The normalized spacial score (nSPS) is 15.9. The van der Waals surface area contributed by atoms with Gasteiger partial charge in [-0.2, -0.15) is 0 Å². The van der Waals surface area contributed by atoms with Crippen molar-refractivity contribution >= 4 is 16.7 Å². The molecule has 0 bridgehead atoms. The van der Waals surface area contributed by atoms with E-state index in [0.29, 0.717) is 12.2 Å². The van der Waals surface area contributed by atoms with E-state index in [-0.39, 0.29) is 0 Å². The van der Waals surface area contributed by atoms with Gasteiger partial charge >= 0.3 is 0 Å². The minimum Gasteiger partial charge on any atom is -0.358 e. The average molecular weight is 197 g/mol. The van der Waals surface area contributed by atoms with Gasteiger partial charge in [-0.3, -0.25) is 4.79 Å². The first-order valence-corrected chi connectivity index (χ1v) is 4.99. The molecule has 1 aliphatic carbocycles. The number of aromatic nitrogens is 1. The van der Waals surface area contributed by atoms with Crippen molar-refractivity contribution in [2.45, 2.75) is 19.3 Å². The van der Waals surface area contributed by atoms with E-state index in [9.17, 15) is 4.79 Å². The quantitative estimate of drug-likeness (QED) is 0.692. The number of nitrogens with one attached hydrogen (secondary N) is 1. The number of rotatable bonds is 0. The Morgan fingerprint density at radius 3 is 3.00 bits per heavy atom. The Balaban J connectivity index is 2.39. The van der Waals surface area contributed by atoms with E-state index in [0.717, 1.165) is 35.0 Å². The van der Waals surface area contributed by atoms with Crippen molar-refractivity contribution in [2.75, 3.05) is 0 Å². The standard InChI is InChI=1S/C12H11NO/c14-11-7-3-6-10-12(11)8-4-1-2-5-9(8)13-10/h1-2,4-5,13H,3,6-7H2/i1+2,2+2,4+2,5+2,8+2,9+2. The van der Waals surface area contributed by atoms with Crippen molar-refractivity contribution in [3.05, 3.63) is 35.5 Å². The summed E-state index contributed by atoms with van der Waals surface area (Å²) in [5.41, 5.74) is 3.15. The van der Waals surface area contributed by atoms with Crippen LogP contribution in [0.1, 0.15) is 28.9 Å². The number of carbonyl (C=O) groups excluding carboxylic acids is 1. The number of aromatic amines is 1. The van der Waals surface area contributed by atoms with Crippen LogP contribution in [-0.2, 0) is 6.42 Å². The third-order valence-electron chi connectivity index (χ3n) is 2.89. The lowest BCUT2D eigenvalue weighted by atomic mass is 10.0. The average Bonchev–Trinajstić information content (AvgIpc) is 2.57. The molecule has 14 heavy (non-hydrogen) atoms. The smallest absolute Gasteiger partial charge is 0.165 e. The second-order valence-electron chi connectivity index (χ2n) is 3.80. The van der Waals surface area contributed by atoms with Gasteiger partial charge in [-0.25, -0.2) is 0 Å². The predicted molar refractivity (Wildman–Crippen MR) is 55.6 cm³/mol. The third-order valence-corrected chi connectivity index (χ3v) is 2.89. The lowest BCUT2D eigenvalue weighted by Crippen LogP contribution is -2.08. The van der Waals surface area contributed by atoms with Crippen LogP contribution in [0.2, 0.25) is 0 Å². The number of H-pyrrole nitrogens is 1. The number of benzene rings is 1. The van der Waals surface area contributed by atoms with E-state index >= 15 is 0 Å². The Morgan fingerprint density at radius 1 is 1.21 bits per heavy atom. The molecule has 0 aliphatic heterocycles. The van der Waals surface area contributed by atoms with Crippen LogP contribution >= 0.6 is 0 Å².